The van der Waals surface area contributed by atoms with E-state index in [4.69, 9.17) is 0 Å². The highest BCUT2D eigenvalue weighted by Gasteiger charge is 2.74. The summed E-state index contributed by atoms with van der Waals surface area (Å²) in [6, 6.07) is 16.3. The molecule has 2 aromatic rings. The van der Waals surface area contributed by atoms with Gasteiger partial charge in [-0.1, -0.05) is 49.4 Å². The monoisotopic (exact) mass is 658 g/mol. The first-order valence-corrected chi connectivity index (χ1v) is 18.0. The van der Waals surface area contributed by atoms with Crippen molar-refractivity contribution in [1.82, 2.24) is 9.80 Å². The molecule has 3 heterocycles. The van der Waals surface area contributed by atoms with Crippen LogP contribution in [0.3, 0.4) is 0 Å². The van der Waals surface area contributed by atoms with E-state index in [9.17, 15) is 14.7 Å². The average molecular weight is 659 g/mol. The SMILES string of the molecule is C=CCN(CCC)C(=O)[C@@H]1[C@@H]2CCC3(S2)C(C(=O)N(CC=C)c2ccc(N(CC)CC)cc2)N([C@@H](CO)Cc2ccccc2)C(=O)[C@H]13. The lowest BCUT2D eigenvalue weighted by Crippen LogP contribution is -2.58. The van der Waals surface area contributed by atoms with Gasteiger partial charge in [0.2, 0.25) is 11.8 Å². The second-order valence-electron chi connectivity index (χ2n) is 12.8. The number of amides is 3. The molecule has 0 aromatic heterocycles. The molecule has 2 aromatic carbocycles. The molecule has 3 fully saturated rings. The summed E-state index contributed by atoms with van der Waals surface area (Å²) < 4.78 is -0.768. The van der Waals surface area contributed by atoms with Crippen LogP contribution in [-0.4, -0.2) is 94.0 Å². The summed E-state index contributed by atoms with van der Waals surface area (Å²) in [4.78, 5) is 51.7. The molecule has 3 aliphatic heterocycles. The van der Waals surface area contributed by atoms with Gasteiger partial charge in [0.15, 0.2) is 0 Å². The highest BCUT2D eigenvalue weighted by atomic mass is 32.2. The lowest BCUT2D eigenvalue weighted by molar-refractivity contribution is -0.145. The van der Waals surface area contributed by atoms with E-state index < -0.39 is 28.7 Å². The number of carbonyl (C=O) groups is 3. The molecule has 5 rings (SSSR count). The molecular weight excluding hydrogens is 609 g/mol. The van der Waals surface area contributed by atoms with E-state index in [1.165, 1.54) is 0 Å². The lowest BCUT2D eigenvalue weighted by atomic mass is 9.70. The van der Waals surface area contributed by atoms with Gasteiger partial charge < -0.3 is 24.7 Å². The Labute approximate surface area is 284 Å². The van der Waals surface area contributed by atoms with Crippen molar-refractivity contribution >= 4 is 40.9 Å². The zero-order valence-corrected chi connectivity index (χ0v) is 28.9. The summed E-state index contributed by atoms with van der Waals surface area (Å²) >= 11 is 1.66. The molecule has 2 bridgehead atoms. The number of likely N-dealkylation sites (tertiary alicyclic amines) is 1. The number of rotatable bonds is 16. The summed E-state index contributed by atoms with van der Waals surface area (Å²) in [7, 11) is 0. The van der Waals surface area contributed by atoms with Crippen molar-refractivity contribution in [2.24, 2.45) is 11.8 Å². The fourth-order valence-corrected chi connectivity index (χ4v) is 10.3. The maximum Gasteiger partial charge on any atom is 0.251 e. The van der Waals surface area contributed by atoms with Gasteiger partial charge in [-0.15, -0.1) is 24.9 Å². The minimum absolute atomic E-state index is 0.0317. The van der Waals surface area contributed by atoms with Crippen LogP contribution in [0.4, 0.5) is 11.4 Å². The standard InChI is InChI=1S/C38H50N4O4S/c1-6-22-40(23-7-2)35(44)32-31-20-21-38(47-31)33(32)36(45)42(30(26-43)25-27-14-12-11-13-15-27)34(38)37(46)41(24-8-3)29-18-16-28(17-19-29)39(9-4)10-5/h6,8,11-19,30-34,43H,1,3,7,9-10,20-26H2,2,4-5H3/t30-,31+,32-,33+,34?,38?/m1/s1. The van der Waals surface area contributed by atoms with Crippen molar-refractivity contribution in [2.45, 2.75) is 68.5 Å². The molecule has 0 aliphatic carbocycles. The highest BCUT2D eigenvalue weighted by molar-refractivity contribution is 8.02. The van der Waals surface area contributed by atoms with Gasteiger partial charge in [-0.2, -0.15) is 0 Å². The third kappa shape index (κ3) is 6.36. The van der Waals surface area contributed by atoms with Crippen molar-refractivity contribution in [3.63, 3.8) is 0 Å². The average Bonchev–Trinajstić information content (AvgIpc) is 3.74. The number of aliphatic hydroxyl groups excluding tert-OH is 1. The molecule has 1 N–H and O–H groups in total. The summed E-state index contributed by atoms with van der Waals surface area (Å²) in [6.07, 6.45) is 6.08. The number of hydrogen-bond acceptors (Lipinski definition) is 6. The number of nitrogens with zero attached hydrogens (tertiary/aromatic N) is 4. The summed E-state index contributed by atoms with van der Waals surface area (Å²) in [5, 5.41) is 10.8. The number of fused-ring (bicyclic) bond motifs is 1. The van der Waals surface area contributed by atoms with Crippen LogP contribution in [0.2, 0.25) is 0 Å². The van der Waals surface area contributed by atoms with Gasteiger partial charge in [-0.3, -0.25) is 14.4 Å². The van der Waals surface area contributed by atoms with Crippen molar-refractivity contribution in [3.05, 3.63) is 85.5 Å². The molecule has 2 unspecified atom stereocenters. The van der Waals surface area contributed by atoms with E-state index in [2.05, 4.69) is 31.9 Å². The Balaban J connectivity index is 1.58. The minimum Gasteiger partial charge on any atom is -0.394 e. The normalized spacial score (nSPS) is 24.9. The number of anilines is 2. The zero-order valence-electron chi connectivity index (χ0n) is 28.1. The van der Waals surface area contributed by atoms with Gasteiger partial charge in [0.05, 0.1) is 29.2 Å². The molecule has 3 amide bonds. The predicted octanol–water partition coefficient (Wildman–Crippen LogP) is 5.17. The minimum atomic E-state index is -0.838. The third-order valence-corrected chi connectivity index (χ3v) is 12.1. The van der Waals surface area contributed by atoms with Gasteiger partial charge in [-0.05, 0) is 69.4 Å². The Hall–Kier alpha value is -3.56. The molecule has 9 heteroatoms. The maximum absolute atomic E-state index is 15.1. The van der Waals surface area contributed by atoms with Gasteiger partial charge >= 0.3 is 0 Å². The molecule has 6 atom stereocenters. The van der Waals surface area contributed by atoms with Crippen LogP contribution in [-0.2, 0) is 20.8 Å². The topological polar surface area (TPSA) is 84.4 Å². The Morgan fingerprint density at radius 2 is 1.66 bits per heavy atom. The van der Waals surface area contributed by atoms with E-state index >= 15 is 4.79 Å². The zero-order chi connectivity index (χ0) is 33.7. The van der Waals surface area contributed by atoms with Crippen LogP contribution >= 0.6 is 11.8 Å². The third-order valence-electron chi connectivity index (χ3n) is 10.2. The number of carbonyl (C=O) groups excluding carboxylic acids is 3. The number of hydrogen-bond donors (Lipinski definition) is 1. The Morgan fingerprint density at radius 3 is 2.26 bits per heavy atom. The first-order valence-electron chi connectivity index (χ1n) is 17.1. The Morgan fingerprint density at radius 1 is 1.00 bits per heavy atom. The molecule has 0 radical (unpaired) electrons. The largest absolute Gasteiger partial charge is 0.394 e. The molecule has 3 aliphatic rings. The van der Waals surface area contributed by atoms with Crippen LogP contribution < -0.4 is 9.80 Å². The molecule has 8 nitrogen and oxygen atoms in total. The molecule has 47 heavy (non-hydrogen) atoms. The lowest BCUT2D eigenvalue weighted by Gasteiger charge is -2.40. The second-order valence-corrected chi connectivity index (χ2v) is 14.4. The van der Waals surface area contributed by atoms with Crippen LogP contribution in [0.5, 0.6) is 0 Å². The van der Waals surface area contributed by atoms with Crippen LogP contribution in [0.15, 0.2) is 79.9 Å². The van der Waals surface area contributed by atoms with Crippen LogP contribution in [0.1, 0.15) is 45.6 Å². The van der Waals surface area contributed by atoms with Gasteiger partial charge in [-0.25, -0.2) is 0 Å². The van der Waals surface area contributed by atoms with E-state index in [-0.39, 0.29) is 36.1 Å². The van der Waals surface area contributed by atoms with Gasteiger partial charge in [0, 0.05) is 49.3 Å². The Bertz CT molecular complexity index is 1430. The molecular formula is C38H50N4O4S. The first-order chi connectivity index (χ1) is 22.8. The predicted molar refractivity (Wildman–Crippen MR) is 192 cm³/mol. The molecule has 3 saturated heterocycles. The molecule has 252 valence electrons. The van der Waals surface area contributed by atoms with E-state index in [0.717, 1.165) is 42.9 Å². The van der Waals surface area contributed by atoms with Gasteiger partial charge in [0.1, 0.15) is 6.04 Å². The van der Waals surface area contributed by atoms with Crippen molar-refractivity contribution in [2.75, 3.05) is 49.1 Å². The number of benzene rings is 2. The summed E-state index contributed by atoms with van der Waals surface area (Å²) in [6.45, 7) is 16.8. The summed E-state index contributed by atoms with van der Waals surface area (Å²) in [5.41, 5.74) is 2.78. The van der Waals surface area contributed by atoms with Crippen LogP contribution in [0.25, 0.3) is 0 Å². The van der Waals surface area contributed by atoms with Crippen molar-refractivity contribution in [3.8, 4) is 0 Å². The Kier molecular flexibility index (Phi) is 11.2. The number of aliphatic hydroxyl groups is 1. The van der Waals surface area contributed by atoms with E-state index in [0.29, 0.717) is 25.9 Å². The number of thioether (sulfide) groups is 1. The first kappa shape index (κ1) is 34.8. The fourth-order valence-electron chi connectivity index (χ4n) is 8.14. The van der Waals surface area contributed by atoms with E-state index in [1.54, 1.807) is 33.7 Å². The van der Waals surface area contributed by atoms with Gasteiger partial charge in [0.25, 0.3) is 5.91 Å². The second kappa shape index (κ2) is 15.1. The van der Waals surface area contributed by atoms with Crippen molar-refractivity contribution in [1.29, 1.82) is 0 Å². The molecule has 0 saturated carbocycles. The maximum atomic E-state index is 15.1. The van der Waals surface area contributed by atoms with Crippen molar-refractivity contribution < 1.29 is 19.5 Å². The summed E-state index contributed by atoms with van der Waals surface area (Å²) in [5.74, 6) is -1.59. The highest BCUT2D eigenvalue weighted by Crippen LogP contribution is 2.67. The fraction of sp³-hybridized carbons (Fsp3) is 0.500. The quantitative estimate of drug-likeness (QED) is 0.251. The molecule has 1 spiro atoms. The smallest absolute Gasteiger partial charge is 0.251 e. The van der Waals surface area contributed by atoms with E-state index in [1.807, 2.05) is 66.4 Å². The van der Waals surface area contributed by atoms with Crippen LogP contribution in [0, 0.1) is 11.8 Å².